The quantitative estimate of drug-likeness (QED) is 0.657. The first-order valence-electron chi connectivity index (χ1n) is 6.37. The molecule has 6 heteroatoms. The molecule has 0 aromatic rings. The van der Waals surface area contributed by atoms with Crippen LogP contribution in [0.25, 0.3) is 0 Å². The van der Waals surface area contributed by atoms with Gasteiger partial charge < -0.3 is 19.7 Å². The molecule has 6 nitrogen and oxygen atoms in total. The van der Waals surface area contributed by atoms with Gasteiger partial charge >= 0.3 is 0 Å². The van der Waals surface area contributed by atoms with E-state index in [9.17, 15) is 9.59 Å². The zero-order valence-electron chi connectivity index (χ0n) is 10.7. The maximum Gasteiger partial charge on any atom is 0.226 e. The smallest absolute Gasteiger partial charge is 0.226 e. The number of methoxy groups -OCH3 is 1. The molecule has 2 unspecified atom stereocenters. The Balaban J connectivity index is 1.72. The predicted molar refractivity (Wildman–Crippen MR) is 63.9 cm³/mol. The highest BCUT2D eigenvalue weighted by atomic mass is 16.5. The lowest BCUT2D eigenvalue weighted by atomic mass is 10.2. The van der Waals surface area contributed by atoms with Crippen molar-refractivity contribution in [3.05, 3.63) is 0 Å². The van der Waals surface area contributed by atoms with Crippen LogP contribution in [0, 0.1) is 11.8 Å². The summed E-state index contributed by atoms with van der Waals surface area (Å²) in [6.07, 6.45) is 0.676. The molecule has 1 saturated heterocycles. The average molecular weight is 256 g/mol. The summed E-state index contributed by atoms with van der Waals surface area (Å²) >= 11 is 0. The van der Waals surface area contributed by atoms with Gasteiger partial charge in [0.25, 0.3) is 0 Å². The first-order valence-corrected chi connectivity index (χ1v) is 6.37. The van der Waals surface area contributed by atoms with Crippen LogP contribution in [0.15, 0.2) is 0 Å². The van der Waals surface area contributed by atoms with Crippen LogP contribution in [0.2, 0.25) is 0 Å². The van der Waals surface area contributed by atoms with E-state index in [0.29, 0.717) is 45.9 Å². The second kappa shape index (κ2) is 6.15. The summed E-state index contributed by atoms with van der Waals surface area (Å²) in [5.41, 5.74) is 0. The lowest BCUT2D eigenvalue weighted by Gasteiger charge is -2.27. The highest BCUT2D eigenvalue weighted by molar-refractivity contribution is 5.92. The summed E-state index contributed by atoms with van der Waals surface area (Å²) < 4.78 is 10.1. The molecule has 1 N–H and O–H groups in total. The molecule has 2 aliphatic rings. The van der Waals surface area contributed by atoms with Gasteiger partial charge in [-0.3, -0.25) is 9.59 Å². The Morgan fingerprint density at radius 2 is 2.06 bits per heavy atom. The number of hydrogen-bond donors (Lipinski definition) is 1. The Hall–Kier alpha value is -1.14. The third-order valence-electron chi connectivity index (χ3n) is 3.37. The van der Waals surface area contributed by atoms with E-state index in [-0.39, 0.29) is 23.7 Å². The minimum atomic E-state index is -0.141. The third-order valence-corrected chi connectivity index (χ3v) is 3.37. The molecule has 0 aromatic heterocycles. The lowest BCUT2D eigenvalue weighted by Crippen LogP contribution is -2.42. The van der Waals surface area contributed by atoms with Crippen LogP contribution >= 0.6 is 0 Å². The summed E-state index contributed by atoms with van der Waals surface area (Å²) in [6, 6.07) is 0. The summed E-state index contributed by atoms with van der Waals surface area (Å²) in [4.78, 5) is 25.6. The maximum absolute atomic E-state index is 12.1. The third kappa shape index (κ3) is 3.20. The van der Waals surface area contributed by atoms with E-state index in [4.69, 9.17) is 9.47 Å². The molecule has 2 rings (SSSR count). The molecule has 18 heavy (non-hydrogen) atoms. The van der Waals surface area contributed by atoms with Crippen LogP contribution < -0.4 is 5.32 Å². The van der Waals surface area contributed by atoms with E-state index in [1.807, 2.05) is 0 Å². The fourth-order valence-corrected chi connectivity index (χ4v) is 2.18. The number of carbonyl (C=O) groups excluding carboxylic acids is 2. The summed E-state index contributed by atoms with van der Waals surface area (Å²) in [6.45, 7) is 3.50. The summed E-state index contributed by atoms with van der Waals surface area (Å²) in [5, 5.41) is 2.77. The summed E-state index contributed by atoms with van der Waals surface area (Å²) in [7, 11) is 1.59. The zero-order valence-corrected chi connectivity index (χ0v) is 10.7. The Morgan fingerprint density at radius 1 is 1.33 bits per heavy atom. The predicted octanol–water partition coefficient (Wildman–Crippen LogP) is -0.756. The van der Waals surface area contributed by atoms with Crippen molar-refractivity contribution in [2.24, 2.45) is 11.8 Å². The van der Waals surface area contributed by atoms with Gasteiger partial charge in [-0.2, -0.15) is 0 Å². The van der Waals surface area contributed by atoms with Gasteiger partial charge in [-0.15, -0.1) is 0 Å². The van der Waals surface area contributed by atoms with Crippen molar-refractivity contribution in [3.63, 3.8) is 0 Å². The first kappa shape index (κ1) is 13.3. The number of nitrogens with zero attached hydrogens (tertiary/aromatic N) is 1. The van der Waals surface area contributed by atoms with Crippen molar-refractivity contribution in [1.29, 1.82) is 0 Å². The van der Waals surface area contributed by atoms with Crippen LogP contribution in [0.4, 0.5) is 0 Å². The van der Waals surface area contributed by atoms with Gasteiger partial charge in [0.15, 0.2) is 0 Å². The molecule has 0 radical (unpaired) electrons. The van der Waals surface area contributed by atoms with E-state index < -0.39 is 0 Å². The van der Waals surface area contributed by atoms with Crippen LogP contribution in [0.5, 0.6) is 0 Å². The molecule has 2 fully saturated rings. The van der Waals surface area contributed by atoms with Crippen LogP contribution in [-0.4, -0.2) is 63.3 Å². The van der Waals surface area contributed by atoms with E-state index >= 15 is 0 Å². The topological polar surface area (TPSA) is 67.9 Å². The second-order valence-corrected chi connectivity index (χ2v) is 4.67. The molecule has 0 bridgehead atoms. The van der Waals surface area contributed by atoms with Crippen molar-refractivity contribution in [2.75, 3.05) is 46.6 Å². The van der Waals surface area contributed by atoms with Gasteiger partial charge in [0.2, 0.25) is 11.8 Å². The largest absolute Gasteiger partial charge is 0.383 e. The average Bonchev–Trinajstić information content (AvgIpc) is 3.19. The van der Waals surface area contributed by atoms with Gasteiger partial charge in [-0.05, 0) is 6.42 Å². The van der Waals surface area contributed by atoms with Crippen molar-refractivity contribution in [1.82, 2.24) is 10.2 Å². The summed E-state index contributed by atoms with van der Waals surface area (Å²) in [5.74, 6) is -0.188. The van der Waals surface area contributed by atoms with Crippen LogP contribution in [0.1, 0.15) is 6.42 Å². The minimum Gasteiger partial charge on any atom is -0.383 e. The standard InChI is InChI=1S/C12H20N2O4/c1-17-5-2-13-11(15)9-8-10(9)12(16)14-3-6-18-7-4-14/h9-10H,2-8H2,1H3,(H,13,15). The first-order chi connectivity index (χ1) is 8.74. The number of carbonyl (C=O) groups is 2. The Morgan fingerprint density at radius 3 is 2.72 bits per heavy atom. The Bertz CT molecular complexity index is 315. The lowest BCUT2D eigenvalue weighted by molar-refractivity contribution is -0.138. The van der Waals surface area contributed by atoms with E-state index in [2.05, 4.69) is 5.32 Å². The Labute approximate surface area is 107 Å². The number of amides is 2. The SMILES string of the molecule is COCCNC(=O)C1CC1C(=O)N1CCOCC1. The zero-order chi connectivity index (χ0) is 13.0. The molecule has 1 aliphatic heterocycles. The van der Waals surface area contributed by atoms with Gasteiger partial charge in [-0.25, -0.2) is 0 Å². The number of morpholine rings is 1. The number of rotatable bonds is 5. The molecule has 102 valence electrons. The molecule has 1 saturated carbocycles. The molecule has 2 amide bonds. The van der Waals surface area contributed by atoms with Crippen molar-refractivity contribution < 1.29 is 19.1 Å². The molecule has 1 heterocycles. The number of nitrogens with one attached hydrogen (secondary N) is 1. The van der Waals surface area contributed by atoms with Gasteiger partial charge in [-0.1, -0.05) is 0 Å². The van der Waals surface area contributed by atoms with Crippen LogP contribution in [0.3, 0.4) is 0 Å². The van der Waals surface area contributed by atoms with E-state index in [0.717, 1.165) is 0 Å². The fraction of sp³-hybridized carbons (Fsp3) is 0.833. The Kier molecular flexibility index (Phi) is 4.54. The normalized spacial score (nSPS) is 26.8. The van der Waals surface area contributed by atoms with Crippen molar-refractivity contribution in [3.8, 4) is 0 Å². The molecule has 1 aliphatic carbocycles. The molecular formula is C12H20N2O4. The molecule has 2 atom stereocenters. The number of ether oxygens (including phenoxy) is 2. The van der Waals surface area contributed by atoms with Gasteiger partial charge in [0.1, 0.15) is 0 Å². The minimum absolute atomic E-state index is 0.0290. The fourth-order valence-electron chi connectivity index (χ4n) is 2.18. The van der Waals surface area contributed by atoms with Crippen LogP contribution in [-0.2, 0) is 19.1 Å². The van der Waals surface area contributed by atoms with Crippen molar-refractivity contribution in [2.45, 2.75) is 6.42 Å². The second-order valence-electron chi connectivity index (χ2n) is 4.67. The van der Waals surface area contributed by atoms with Gasteiger partial charge in [0.05, 0.1) is 31.7 Å². The highest BCUT2D eigenvalue weighted by Gasteiger charge is 2.49. The van der Waals surface area contributed by atoms with Gasteiger partial charge in [0, 0.05) is 26.7 Å². The molecule has 0 aromatic carbocycles. The highest BCUT2D eigenvalue weighted by Crippen LogP contribution is 2.40. The maximum atomic E-state index is 12.1. The molecular weight excluding hydrogens is 236 g/mol. The van der Waals surface area contributed by atoms with E-state index in [1.165, 1.54) is 0 Å². The molecule has 0 spiro atoms. The number of hydrogen-bond acceptors (Lipinski definition) is 4. The monoisotopic (exact) mass is 256 g/mol. The van der Waals surface area contributed by atoms with E-state index in [1.54, 1.807) is 12.0 Å². The van der Waals surface area contributed by atoms with Crippen molar-refractivity contribution >= 4 is 11.8 Å².